The van der Waals surface area contributed by atoms with E-state index in [9.17, 15) is 5.11 Å². The molecule has 2 unspecified atom stereocenters. The molecule has 1 heterocycles. The number of benzene rings is 1. The lowest BCUT2D eigenvalue weighted by Crippen LogP contribution is -2.44. The molecule has 0 radical (unpaired) electrons. The van der Waals surface area contributed by atoms with E-state index in [2.05, 4.69) is 43.4 Å². The molecule has 2 atom stereocenters. The second-order valence-corrected chi connectivity index (χ2v) is 5.69. The fourth-order valence-electron chi connectivity index (χ4n) is 2.90. The minimum atomic E-state index is -0.486. The first-order valence-corrected chi connectivity index (χ1v) is 6.60. The Hall–Kier alpha value is -0.860. The molecule has 0 bridgehead atoms. The monoisotopic (exact) mass is 233 g/mol. The number of hydrogen-bond donors (Lipinski definition) is 2. The Balaban J connectivity index is 2.07. The van der Waals surface area contributed by atoms with Crippen molar-refractivity contribution in [2.24, 2.45) is 5.92 Å². The summed E-state index contributed by atoms with van der Waals surface area (Å²) in [6, 6.07) is 10.7. The third-order valence-electron chi connectivity index (χ3n) is 3.56. The van der Waals surface area contributed by atoms with Gasteiger partial charge in [-0.05, 0) is 37.3 Å². The molecule has 94 valence electrons. The quantitative estimate of drug-likeness (QED) is 0.841. The first kappa shape index (κ1) is 12.6. The van der Waals surface area contributed by atoms with Gasteiger partial charge in [-0.1, -0.05) is 44.2 Å². The van der Waals surface area contributed by atoms with Crippen molar-refractivity contribution in [3.63, 3.8) is 0 Å². The zero-order valence-electron chi connectivity index (χ0n) is 10.8. The highest BCUT2D eigenvalue weighted by Gasteiger charge is 2.34. The summed E-state index contributed by atoms with van der Waals surface area (Å²) in [5, 5.41) is 14.1. The summed E-state index contributed by atoms with van der Waals surface area (Å²) in [7, 11) is 0. The smallest absolute Gasteiger partial charge is 0.0680 e. The molecule has 0 aliphatic carbocycles. The molecule has 1 saturated heterocycles. The lowest BCUT2D eigenvalue weighted by atomic mass is 9.80. The minimum absolute atomic E-state index is 0.300. The molecule has 1 aliphatic rings. The van der Waals surface area contributed by atoms with Gasteiger partial charge in [0.2, 0.25) is 0 Å². The lowest BCUT2D eigenvalue weighted by molar-refractivity contribution is -0.0217. The normalized spacial score (nSPS) is 29.5. The number of nitrogens with one attached hydrogen (secondary N) is 1. The van der Waals surface area contributed by atoms with Crippen molar-refractivity contribution in [1.29, 1.82) is 0 Å². The molecule has 0 spiro atoms. The molecular weight excluding hydrogens is 210 g/mol. The van der Waals surface area contributed by atoms with Crippen molar-refractivity contribution < 1.29 is 5.11 Å². The molecule has 0 amide bonds. The summed E-state index contributed by atoms with van der Waals surface area (Å²) < 4.78 is 0. The van der Waals surface area contributed by atoms with Crippen LogP contribution in [-0.2, 0) is 0 Å². The molecule has 0 aromatic heterocycles. The zero-order valence-corrected chi connectivity index (χ0v) is 10.8. The molecule has 17 heavy (non-hydrogen) atoms. The molecule has 2 heteroatoms. The van der Waals surface area contributed by atoms with Gasteiger partial charge in [0.15, 0.2) is 0 Å². The van der Waals surface area contributed by atoms with Gasteiger partial charge in [0.05, 0.1) is 5.60 Å². The van der Waals surface area contributed by atoms with Gasteiger partial charge >= 0.3 is 0 Å². The topological polar surface area (TPSA) is 32.3 Å². The molecule has 2 N–H and O–H groups in total. The van der Waals surface area contributed by atoms with Crippen molar-refractivity contribution in [1.82, 2.24) is 5.32 Å². The average Bonchev–Trinajstić information content (AvgIpc) is 2.28. The summed E-state index contributed by atoms with van der Waals surface area (Å²) in [4.78, 5) is 0. The highest BCUT2D eigenvalue weighted by atomic mass is 16.3. The maximum atomic E-state index is 10.6. The van der Waals surface area contributed by atoms with Crippen LogP contribution in [0.15, 0.2) is 30.3 Å². The van der Waals surface area contributed by atoms with E-state index >= 15 is 0 Å². The average molecular weight is 233 g/mol. The SMILES string of the molecule is CC(C)CC1(O)CCNC(c2ccccc2)C1. The van der Waals surface area contributed by atoms with Gasteiger partial charge < -0.3 is 10.4 Å². The number of aliphatic hydroxyl groups is 1. The van der Waals surface area contributed by atoms with E-state index in [1.165, 1.54) is 5.56 Å². The van der Waals surface area contributed by atoms with Crippen LogP contribution < -0.4 is 5.32 Å². The maximum absolute atomic E-state index is 10.6. The molecule has 2 rings (SSSR count). The Kier molecular flexibility index (Phi) is 3.85. The van der Waals surface area contributed by atoms with E-state index < -0.39 is 5.60 Å². The molecular formula is C15H23NO. The first-order valence-electron chi connectivity index (χ1n) is 6.60. The third kappa shape index (κ3) is 3.30. The van der Waals surface area contributed by atoms with Gasteiger partial charge in [-0.3, -0.25) is 0 Å². The predicted octanol–water partition coefficient (Wildman–Crippen LogP) is 2.89. The van der Waals surface area contributed by atoms with Crippen molar-refractivity contribution in [2.75, 3.05) is 6.54 Å². The Labute approximate surface area is 104 Å². The van der Waals surface area contributed by atoms with Crippen LogP contribution in [0, 0.1) is 5.92 Å². The van der Waals surface area contributed by atoms with Gasteiger partial charge in [0, 0.05) is 6.04 Å². The van der Waals surface area contributed by atoms with E-state index in [-0.39, 0.29) is 0 Å². The van der Waals surface area contributed by atoms with E-state index in [0.717, 1.165) is 25.8 Å². The third-order valence-corrected chi connectivity index (χ3v) is 3.56. The molecule has 0 saturated carbocycles. The largest absolute Gasteiger partial charge is 0.390 e. The molecule has 2 nitrogen and oxygen atoms in total. The van der Waals surface area contributed by atoms with Crippen LogP contribution in [0.4, 0.5) is 0 Å². The van der Waals surface area contributed by atoms with Crippen LogP contribution in [0.3, 0.4) is 0 Å². The molecule has 1 aromatic carbocycles. The van der Waals surface area contributed by atoms with Crippen molar-refractivity contribution in [3.8, 4) is 0 Å². The highest BCUT2D eigenvalue weighted by Crippen LogP contribution is 2.34. The fraction of sp³-hybridized carbons (Fsp3) is 0.600. The van der Waals surface area contributed by atoms with Crippen LogP contribution in [0.2, 0.25) is 0 Å². The van der Waals surface area contributed by atoms with E-state index in [1.807, 2.05) is 6.07 Å². The van der Waals surface area contributed by atoms with Crippen LogP contribution in [0.5, 0.6) is 0 Å². The number of rotatable bonds is 3. The van der Waals surface area contributed by atoms with Gasteiger partial charge in [-0.2, -0.15) is 0 Å². The molecule has 1 aromatic rings. The highest BCUT2D eigenvalue weighted by molar-refractivity contribution is 5.20. The maximum Gasteiger partial charge on any atom is 0.0680 e. The zero-order chi connectivity index (χ0) is 12.3. The van der Waals surface area contributed by atoms with Crippen LogP contribution in [-0.4, -0.2) is 17.3 Å². The van der Waals surface area contributed by atoms with Crippen molar-refractivity contribution >= 4 is 0 Å². The van der Waals surface area contributed by atoms with Crippen molar-refractivity contribution in [2.45, 2.75) is 44.8 Å². The molecule has 1 aliphatic heterocycles. The predicted molar refractivity (Wildman–Crippen MR) is 70.8 cm³/mol. The summed E-state index contributed by atoms with van der Waals surface area (Å²) >= 11 is 0. The summed E-state index contributed by atoms with van der Waals surface area (Å²) in [5.41, 5.74) is 0.800. The second-order valence-electron chi connectivity index (χ2n) is 5.69. The van der Waals surface area contributed by atoms with E-state index in [1.54, 1.807) is 0 Å². The van der Waals surface area contributed by atoms with Crippen LogP contribution >= 0.6 is 0 Å². The Morgan fingerprint density at radius 2 is 2.06 bits per heavy atom. The Bertz CT molecular complexity index is 349. The van der Waals surface area contributed by atoms with E-state index in [0.29, 0.717) is 12.0 Å². The van der Waals surface area contributed by atoms with E-state index in [4.69, 9.17) is 0 Å². The standard InChI is InChI=1S/C15H23NO/c1-12(2)10-15(17)8-9-16-14(11-15)13-6-4-3-5-7-13/h3-7,12,14,16-17H,8-11H2,1-2H3. The number of hydrogen-bond acceptors (Lipinski definition) is 2. The van der Waals surface area contributed by atoms with Crippen LogP contribution in [0.1, 0.15) is 44.7 Å². The summed E-state index contributed by atoms with van der Waals surface area (Å²) in [6.07, 6.45) is 2.60. The fourth-order valence-corrected chi connectivity index (χ4v) is 2.90. The summed E-state index contributed by atoms with van der Waals surface area (Å²) in [5.74, 6) is 0.550. The Morgan fingerprint density at radius 3 is 2.71 bits per heavy atom. The summed E-state index contributed by atoms with van der Waals surface area (Å²) in [6.45, 7) is 5.26. The molecule has 1 fully saturated rings. The Morgan fingerprint density at radius 1 is 1.35 bits per heavy atom. The van der Waals surface area contributed by atoms with Gasteiger partial charge in [-0.25, -0.2) is 0 Å². The van der Waals surface area contributed by atoms with Gasteiger partial charge in [-0.15, -0.1) is 0 Å². The minimum Gasteiger partial charge on any atom is -0.390 e. The van der Waals surface area contributed by atoms with Gasteiger partial charge in [0.1, 0.15) is 0 Å². The van der Waals surface area contributed by atoms with Gasteiger partial charge in [0.25, 0.3) is 0 Å². The lowest BCUT2D eigenvalue weighted by Gasteiger charge is -2.39. The number of piperidine rings is 1. The first-order chi connectivity index (χ1) is 8.09. The van der Waals surface area contributed by atoms with Crippen molar-refractivity contribution in [3.05, 3.63) is 35.9 Å². The second kappa shape index (κ2) is 5.19. The van der Waals surface area contributed by atoms with Crippen LogP contribution in [0.25, 0.3) is 0 Å².